The molecule has 0 bridgehead atoms. The van der Waals surface area contributed by atoms with E-state index in [1.165, 1.54) is 25.0 Å². The molecule has 2 atom stereocenters. The van der Waals surface area contributed by atoms with Crippen LogP contribution in [0, 0.1) is 16.0 Å². The predicted octanol–water partition coefficient (Wildman–Crippen LogP) is 2.54. The molecule has 1 fully saturated rings. The lowest BCUT2D eigenvalue weighted by Gasteiger charge is -2.28. The van der Waals surface area contributed by atoms with Crippen LogP contribution in [0.1, 0.15) is 19.8 Å². The normalized spacial score (nSPS) is 20.3. The third kappa shape index (κ3) is 2.97. The zero-order valence-corrected chi connectivity index (χ0v) is 11.8. The van der Waals surface area contributed by atoms with Crippen LogP contribution in [0.3, 0.4) is 0 Å². The van der Waals surface area contributed by atoms with Crippen molar-refractivity contribution in [2.24, 2.45) is 5.92 Å². The molecule has 21 heavy (non-hydrogen) atoms. The second-order valence-electron chi connectivity index (χ2n) is 5.47. The standard InChI is InChI=1S/C14H18N4O3/c1-9(10-3-2-6-15-8-10)16-14-17-12-5-4-11(18(19)20)7-13(12)21-14/h4-5,7,9-10,15H,2-3,6,8H2,1H3,(H,16,17). The Hall–Kier alpha value is -2.15. The summed E-state index contributed by atoms with van der Waals surface area (Å²) in [7, 11) is 0. The molecule has 0 aliphatic carbocycles. The van der Waals surface area contributed by atoms with Gasteiger partial charge in [-0.3, -0.25) is 10.1 Å². The number of hydrogen-bond acceptors (Lipinski definition) is 6. The average Bonchev–Trinajstić information content (AvgIpc) is 2.89. The molecule has 1 aromatic heterocycles. The Kier molecular flexibility index (Phi) is 3.74. The molecule has 1 aliphatic heterocycles. The summed E-state index contributed by atoms with van der Waals surface area (Å²) in [6.45, 7) is 4.17. The molecule has 2 aromatic rings. The molecule has 2 unspecified atom stereocenters. The summed E-state index contributed by atoms with van der Waals surface area (Å²) in [5.41, 5.74) is 1.06. The predicted molar refractivity (Wildman–Crippen MR) is 79.3 cm³/mol. The topological polar surface area (TPSA) is 93.2 Å². The van der Waals surface area contributed by atoms with E-state index in [2.05, 4.69) is 22.5 Å². The van der Waals surface area contributed by atoms with Gasteiger partial charge < -0.3 is 15.1 Å². The lowest BCUT2D eigenvalue weighted by atomic mass is 9.93. The second-order valence-corrected chi connectivity index (χ2v) is 5.47. The number of oxazole rings is 1. The molecule has 1 aliphatic rings. The van der Waals surface area contributed by atoms with Gasteiger partial charge in [-0.1, -0.05) is 0 Å². The zero-order chi connectivity index (χ0) is 14.8. The zero-order valence-electron chi connectivity index (χ0n) is 11.8. The van der Waals surface area contributed by atoms with Gasteiger partial charge in [-0.25, -0.2) is 0 Å². The highest BCUT2D eigenvalue weighted by molar-refractivity contribution is 5.77. The highest BCUT2D eigenvalue weighted by Gasteiger charge is 2.21. The second kappa shape index (κ2) is 5.69. The van der Waals surface area contributed by atoms with Crippen molar-refractivity contribution in [2.75, 3.05) is 18.4 Å². The third-order valence-electron chi connectivity index (χ3n) is 3.98. The van der Waals surface area contributed by atoms with E-state index >= 15 is 0 Å². The first kappa shape index (κ1) is 13.8. The third-order valence-corrected chi connectivity index (χ3v) is 3.98. The van der Waals surface area contributed by atoms with E-state index in [0.29, 0.717) is 23.0 Å². The lowest BCUT2D eigenvalue weighted by Crippen LogP contribution is -2.38. The summed E-state index contributed by atoms with van der Waals surface area (Å²) in [6, 6.07) is 5.10. The minimum atomic E-state index is -0.439. The average molecular weight is 290 g/mol. The van der Waals surface area contributed by atoms with Crippen LogP contribution in [0.15, 0.2) is 22.6 Å². The summed E-state index contributed by atoms with van der Waals surface area (Å²) in [5, 5.41) is 17.4. The summed E-state index contributed by atoms with van der Waals surface area (Å²) in [4.78, 5) is 14.6. The van der Waals surface area contributed by atoms with Crippen molar-refractivity contribution in [3.05, 3.63) is 28.3 Å². The molecule has 112 valence electrons. The van der Waals surface area contributed by atoms with Gasteiger partial charge in [0.05, 0.1) is 11.0 Å². The maximum Gasteiger partial charge on any atom is 0.295 e. The highest BCUT2D eigenvalue weighted by Crippen LogP contribution is 2.25. The maximum absolute atomic E-state index is 10.8. The first-order chi connectivity index (χ1) is 10.1. The number of nitrogens with zero attached hydrogens (tertiary/aromatic N) is 2. The number of aromatic nitrogens is 1. The molecular weight excluding hydrogens is 272 g/mol. The minimum absolute atomic E-state index is 0.00901. The van der Waals surface area contributed by atoms with E-state index in [4.69, 9.17) is 4.42 Å². The van der Waals surface area contributed by atoms with Crippen LogP contribution in [0.25, 0.3) is 11.1 Å². The fourth-order valence-corrected chi connectivity index (χ4v) is 2.71. The van der Waals surface area contributed by atoms with E-state index in [0.717, 1.165) is 13.1 Å². The van der Waals surface area contributed by atoms with E-state index in [1.54, 1.807) is 6.07 Å². The fourth-order valence-electron chi connectivity index (χ4n) is 2.71. The largest absolute Gasteiger partial charge is 0.423 e. The van der Waals surface area contributed by atoms with E-state index in [1.807, 2.05) is 0 Å². The number of anilines is 1. The van der Waals surface area contributed by atoms with E-state index in [-0.39, 0.29) is 11.7 Å². The molecule has 0 radical (unpaired) electrons. The van der Waals surface area contributed by atoms with Gasteiger partial charge in [0.1, 0.15) is 5.52 Å². The minimum Gasteiger partial charge on any atom is -0.423 e. The number of fused-ring (bicyclic) bond motifs is 1. The summed E-state index contributed by atoms with van der Waals surface area (Å²) in [6.07, 6.45) is 2.35. The number of nitro benzene ring substituents is 1. The van der Waals surface area contributed by atoms with Crippen molar-refractivity contribution >= 4 is 22.8 Å². The van der Waals surface area contributed by atoms with Crippen LogP contribution in [-0.2, 0) is 0 Å². The van der Waals surface area contributed by atoms with Gasteiger partial charge in [0.2, 0.25) is 0 Å². The molecule has 1 aromatic carbocycles. The number of rotatable bonds is 4. The number of benzene rings is 1. The number of nitro groups is 1. The van der Waals surface area contributed by atoms with Crippen LogP contribution in [0.4, 0.5) is 11.7 Å². The van der Waals surface area contributed by atoms with Crippen LogP contribution < -0.4 is 10.6 Å². The first-order valence-corrected chi connectivity index (χ1v) is 7.16. The van der Waals surface area contributed by atoms with Crippen LogP contribution in [0.5, 0.6) is 0 Å². The monoisotopic (exact) mass is 290 g/mol. The van der Waals surface area contributed by atoms with Gasteiger partial charge in [0.25, 0.3) is 11.7 Å². The Labute approximate surface area is 121 Å². The van der Waals surface area contributed by atoms with E-state index in [9.17, 15) is 10.1 Å². The van der Waals surface area contributed by atoms with Crippen LogP contribution in [0.2, 0.25) is 0 Å². The van der Waals surface area contributed by atoms with Crippen molar-refractivity contribution in [2.45, 2.75) is 25.8 Å². The Morgan fingerprint density at radius 1 is 1.57 bits per heavy atom. The molecular formula is C14H18N4O3. The lowest BCUT2D eigenvalue weighted by molar-refractivity contribution is -0.384. The number of hydrogen-bond donors (Lipinski definition) is 2. The molecule has 0 saturated carbocycles. The summed E-state index contributed by atoms with van der Waals surface area (Å²) in [5.74, 6) is 0.531. The molecule has 7 heteroatoms. The Bertz CT molecular complexity index is 649. The van der Waals surface area contributed by atoms with Crippen molar-refractivity contribution in [3.63, 3.8) is 0 Å². The first-order valence-electron chi connectivity index (χ1n) is 7.16. The summed E-state index contributed by atoms with van der Waals surface area (Å²) < 4.78 is 5.57. The van der Waals surface area contributed by atoms with Gasteiger partial charge in [0.15, 0.2) is 5.58 Å². The Balaban J connectivity index is 1.76. The Morgan fingerprint density at radius 3 is 3.14 bits per heavy atom. The van der Waals surface area contributed by atoms with Crippen molar-refractivity contribution in [1.29, 1.82) is 0 Å². The highest BCUT2D eigenvalue weighted by atomic mass is 16.6. The number of piperidine rings is 1. The molecule has 2 N–H and O–H groups in total. The van der Waals surface area contributed by atoms with Crippen molar-refractivity contribution < 1.29 is 9.34 Å². The molecule has 3 rings (SSSR count). The van der Waals surface area contributed by atoms with Gasteiger partial charge in [0, 0.05) is 12.1 Å². The molecule has 1 saturated heterocycles. The summed E-state index contributed by atoms with van der Waals surface area (Å²) >= 11 is 0. The Morgan fingerprint density at radius 2 is 2.43 bits per heavy atom. The number of nitrogens with one attached hydrogen (secondary N) is 2. The SMILES string of the molecule is CC(Nc1nc2ccc([N+](=O)[O-])cc2o1)C1CCCNC1. The molecule has 7 nitrogen and oxygen atoms in total. The fraction of sp³-hybridized carbons (Fsp3) is 0.500. The smallest absolute Gasteiger partial charge is 0.295 e. The van der Waals surface area contributed by atoms with Gasteiger partial charge in [-0.15, -0.1) is 0 Å². The van der Waals surface area contributed by atoms with Crippen LogP contribution in [-0.4, -0.2) is 29.0 Å². The van der Waals surface area contributed by atoms with E-state index < -0.39 is 4.92 Å². The molecule has 0 amide bonds. The maximum atomic E-state index is 10.8. The van der Waals surface area contributed by atoms with Crippen LogP contribution >= 0.6 is 0 Å². The molecule has 0 spiro atoms. The molecule has 2 heterocycles. The van der Waals surface area contributed by atoms with Crippen molar-refractivity contribution in [1.82, 2.24) is 10.3 Å². The van der Waals surface area contributed by atoms with Crippen molar-refractivity contribution in [3.8, 4) is 0 Å². The number of non-ortho nitro benzene ring substituents is 1. The van der Waals surface area contributed by atoms with Gasteiger partial charge in [-0.05, 0) is 44.8 Å². The van der Waals surface area contributed by atoms with Gasteiger partial charge >= 0.3 is 0 Å². The van der Waals surface area contributed by atoms with Gasteiger partial charge in [-0.2, -0.15) is 4.98 Å². The quantitative estimate of drug-likeness (QED) is 0.664.